The predicted octanol–water partition coefficient (Wildman–Crippen LogP) is 2.59. The second-order valence-corrected chi connectivity index (χ2v) is 7.01. The molecule has 2 atom stereocenters. The summed E-state index contributed by atoms with van der Waals surface area (Å²) in [7, 11) is 0. The molecule has 1 saturated carbocycles. The van der Waals surface area contributed by atoms with Crippen molar-refractivity contribution in [3.8, 4) is 0 Å². The molecule has 0 aromatic heterocycles. The van der Waals surface area contributed by atoms with E-state index < -0.39 is 0 Å². The smallest absolute Gasteiger partial charge is 0.230 e. The van der Waals surface area contributed by atoms with E-state index in [2.05, 4.69) is 6.58 Å². The van der Waals surface area contributed by atoms with Crippen LogP contribution in [0.25, 0.3) is 0 Å². The maximum atomic E-state index is 12.7. The van der Waals surface area contributed by atoms with E-state index in [-0.39, 0.29) is 23.7 Å². The Hall–Kier alpha value is -1.32. The minimum absolute atomic E-state index is 0.153. The summed E-state index contributed by atoms with van der Waals surface area (Å²) in [4.78, 5) is 29.3. The van der Waals surface area contributed by atoms with E-state index in [9.17, 15) is 9.59 Å². The molecule has 2 saturated heterocycles. The van der Waals surface area contributed by atoms with Crippen molar-refractivity contribution < 1.29 is 9.59 Å². The van der Waals surface area contributed by atoms with Crippen molar-refractivity contribution in [3.63, 3.8) is 0 Å². The lowest BCUT2D eigenvalue weighted by molar-refractivity contribution is -0.138. The van der Waals surface area contributed by atoms with Crippen molar-refractivity contribution in [2.75, 3.05) is 26.2 Å². The molecule has 1 aliphatic carbocycles. The molecule has 3 fully saturated rings. The SMILES string of the molecule is C=C1C(C(=O)N2CCCCCC2)C1C(=O)N1CCCCCC1. The standard InChI is InChI=1S/C18H28N2O2/c1-14-15(17(21)19-10-6-2-3-7-11-19)16(14)18(22)20-12-8-4-5-9-13-20/h15-16H,1-13H2. The van der Waals surface area contributed by atoms with Crippen LogP contribution in [0.15, 0.2) is 12.2 Å². The third-order valence-corrected chi connectivity index (χ3v) is 5.39. The van der Waals surface area contributed by atoms with Crippen LogP contribution in [-0.2, 0) is 9.59 Å². The molecule has 122 valence electrons. The van der Waals surface area contributed by atoms with Crippen molar-refractivity contribution >= 4 is 11.8 Å². The third kappa shape index (κ3) is 3.21. The van der Waals surface area contributed by atoms with Gasteiger partial charge in [0, 0.05) is 26.2 Å². The van der Waals surface area contributed by atoms with Crippen LogP contribution in [0, 0.1) is 11.8 Å². The van der Waals surface area contributed by atoms with Gasteiger partial charge in [-0.3, -0.25) is 9.59 Å². The van der Waals surface area contributed by atoms with E-state index in [4.69, 9.17) is 0 Å². The molecule has 2 heterocycles. The highest BCUT2D eigenvalue weighted by Crippen LogP contribution is 2.47. The van der Waals surface area contributed by atoms with Crippen LogP contribution in [0.4, 0.5) is 0 Å². The zero-order valence-corrected chi connectivity index (χ0v) is 13.6. The summed E-state index contributed by atoms with van der Waals surface area (Å²) in [6.07, 6.45) is 9.23. The lowest BCUT2D eigenvalue weighted by atomic mass is 10.2. The van der Waals surface area contributed by atoms with Crippen molar-refractivity contribution in [1.82, 2.24) is 9.80 Å². The van der Waals surface area contributed by atoms with Gasteiger partial charge in [-0.25, -0.2) is 0 Å². The summed E-state index contributed by atoms with van der Waals surface area (Å²) >= 11 is 0. The molecule has 2 amide bonds. The van der Waals surface area contributed by atoms with Gasteiger partial charge in [-0.15, -0.1) is 0 Å². The number of amides is 2. The van der Waals surface area contributed by atoms with Crippen molar-refractivity contribution in [2.45, 2.75) is 51.4 Å². The third-order valence-electron chi connectivity index (χ3n) is 5.39. The van der Waals surface area contributed by atoms with Gasteiger partial charge in [0.05, 0.1) is 11.8 Å². The Morgan fingerprint density at radius 3 is 1.32 bits per heavy atom. The molecular weight excluding hydrogens is 276 g/mol. The Kier molecular flexibility index (Phi) is 4.84. The Bertz CT molecular complexity index is 404. The highest BCUT2D eigenvalue weighted by Gasteiger charge is 2.54. The molecule has 4 heteroatoms. The maximum Gasteiger partial charge on any atom is 0.230 e. The number of hydrogen-bond donors (Lipinski definition) is 0. The van der Waals surface area contributed by atoms with Crippen molar-refractivity contribution in [2.24, 2.45) is 11.8 Å². The van der Waals surface area contributed by atoms with Crippen LogP contribution < -0.4 is 0 Å². The summed E-state index contributed by atoms with van der Waals surface area (Å²) in [5.41, 5.74) is 0.850. The normalized spacial score (nSPS) is 29.7. The molecule has 0 N–H and O–H groups in total. The van der Waals surface area contributed by atoms with Gasteiger partial charge in [0.2, 0.25) is 11.8 Å². The zero-order valence-electron chi connectivity index (χ0n) is 13.6. The second kappa shape index (κ2) is 6.84. The summed E-state index contributed by atoms with van der Waals surface area (Å²) in [5, 5.41) is 0. The molecule has 2 aliphatic heterocycles. The topological polar surface area (TPSA) is 40.6 Å². The van der Waals surface area contributed by atoms with E-state index in [1.54, 1.807) is 0 Å². The average molecular weight is 304 g/mol. The van der Waals surface area contributed by atoms with Gasteiger partial charge in [0.15, 0.2) is 0 Å². The number of rotatable bonds is 2. The number of nitrogens with zero attached hydrogens (tertiary/aromatic N) is 2. The second-order valence-electron chi connectivity index (χ2n) is 7.01. The maximum absolute atomic E-state index is 12.7. The fourth-order valence-electron chi connectivity index (χ4n) is 3.89. The molecule has 0 aromatic carbocycles. The van der Waals surface area contributed by atoms with Gasteiger partial charge in [-0.1, -0.05) is 37.8 Å². The van der Waals surface area contributed by atoms with Crippen LogP contribution in [0.3, 0.4) is 0 Å². The molecule has 3 aliphatic rings. The lowest BCUT2D eigenvalue weighted by Gasteiger charge is -2.22. The van der Waals surface area contributed by atoms with Gasteiger partial charge in [-0.2, -0.15) is 0 Å². The Labute approximate surface area is 133 Å². The fourth-order valence-corrected chi connectivity index (χ4v) is 3.89. The van der Waals surface area contributed by atoms with Gasteiger partial charge >= 0.3 is 0 Å². The highest BCUT2D eigenvalue weighted by molar-refractivity contribution is 5.99. The van der Waals surface area contributed by atoms with Crippen LogP contribution >= 0.6 is 0 Å². The molecule has 4 nitrogen and oxygen atoms in total. The van der Waals surface area contributed by atoms with Crippen molar-refractivity contribution in [3.05, 3.63) is 12.2 Å². The van der Waals surface area contributed by atoms with Crippen molar-refractivity contribution in [1.29, 1.82) is 0 Å². The van der Waals surface area contributed by atoms with Gasteiger partial charge in [-0.05, 0) is 25.7 Å². The summed E-state index contributed by atoms with van der Waals surface area (Å²) in [5.74, 6) is -0.150. The molecule has 0 aromatic rings. The first-order chi connectivity index (χ1) is 10.7. The van der Waals surface area contributed by atoms with E-state index in [1.807, 2.05) is 9.80 Å². The molecule has 0 radical (unpaired) electrons. The Morgan fingerprint density at radius 1 is 0.682 bits per heavy atom. The van der Waals surface area contributed by atoms with Crippen LogP contribution in [0.5, 0.6) is 0 Å². The van der Waals surface area contributed by atoms with E-state index in [0.29, 0.717) is 0 Å². The first kappa shape index (κ1) is 15.6. The number of hydrogen-bond acceptors (Lipinski definition) is 2. The molecule has 0 bridgehead atoms. The fraction of sp³-hybridized carbons (Fsp3) is 0.778. The van der Waals surface area contributed by atoms with Gasteiger partial charge < -0.3 is 9.80 Å². The van der Waals surface area contributed by atoms with E-state index in [1.165, 1.54) is 25.7 Å². The van der Waals surface area contributed by atoms with Crippen LogP contribution in [0.2, 0.25) is 0 Å². The molecule has 0 spiro atoms. The molecular formula is C18H28N2O2. The minimum atomic E-state index is -0.228. The summed E-state index contributed by atoms with van der Waals surface area (Å²) in [6, 6.07) is 0. The van der Waals surface area contributed by atoms with Gasteiger partial charge in [0.25, 0.3) is 0 Å². The monoisotopic (exact) mass is 304 g/mol. The summed E-state index contributed by atoms with van der Waals surface area (Å²) < 4.78 is 0. The van der Waals surface area contributed by atoms with E-state index >= 15 is 0 Å². The number of carbonyl (C=O) groups excluding carboxylic acids is 2. The predicted molar refractivity (Wildman–Crippen MR) is 86.2 cm³/mol. The number of carbonyl (C=O) groups is 2. The minimum Gasteiger partial charge on any atom is -0.342 e. The first-order valence-electron chi connectivity index (χ1n) is 8.96. The Morgan fingerprint density at radius 2 is 1.00 bits per heavy atom. The van der Waals surface area contributed by atoms with Crippen LogP contribution in [0.1, 0.15) is 51.4 Å². The van der Waals surface area contributed by atoms with Gasteiger partial charge in [0.1, 0.15) is 0 Å². The van der Waals surface area contributed by atoms with E-state index in [0.717, 1.165) is 57.4 Å². The molecule has 3 rings (SSSR count). The Balaban J connectivity index is 1.60. The summed E-state index contributed by atoms with van der Waals surface area (Å²) in [6.45, 7) is 7.43. The number of likely N-dealkylation sites (tertiary alicyclic amines) is 2. The largest absolute Gasteiger partial charge is 0.342 e. The highest BCUT2D eigenvalue weighted by atomic mass is 16.2. The zero-order chi connectivity index (χ0) is 15.5. The lowest BCUT2D eigenvalue weighted by Crippen LogP contribution is -2.37. The average Bonchev–Trinajstić information content (AvgIpc) is 3.29. The molecule has 2 unspecified atom stereocenters. The first-order valence-corrected chi connectivity index (χ1v) is 8.96. The quantitative estimate of drug-likeness (QED) is 0.736. The van der Waals surface area contributed by atoms with Crippen LogP contribution in [-0.4, -0.2) is 47.8 Å². The molecule has 22 heavy (non-hydrogen) atoms.